The van der Waals surface area contributed by atoms with Crippen molar-refractivity contribution in [2.75, 3.05) is 33.0 Å². The van der Waals surface area contributed by atoms with Crippen LogP contribution in [0.1, 0.15) is 27.2 Å². The highest BCUT2D eigenvalue weighted by molar-refractivity contribution is 8.00. The van der Waals surface area contributed by atoms with Crippen LogP contribution < -0.4 is 15.6 Å². The second kappa shape index (κ2) is 13.4. The van der Waals surface area contributed by atoms with E-state index in [-0.39, 0.29) is 29.2 Å². The smallest absolute Gasteiger partial charge is 0.270 e. The highest BCUT2D eigenvalue weighted by Crippen LogP contribution is 2.28. The van der Waals surface area contributed by atoms with Gasteiger partial charge in [-0.25, -0.2) is 18.2 Å². The summed E-state index contributed by atoms with van der Waals surface area (Å²) < 4.78 is 38.1. The first-order valence-corrected chi connectivity index (χ1v) is 15.7. The van der Waals surface area contributed by atoms with Crippen LogP contribution in [-0.2, 0) is 19.6 Å². The van der Waals surface area contributed by atoms with E-state index in [2.05, 4.69) is 10.2 Å². The van der Waals surface area contributed by atoms with E-state index < -0.39 is 22.4 Å². The van der Waals surface area contributed by atoms with Crippen LogP contribution in [-0.4, -0.2) is 62.9 Å². The second-order valence-electron chi connectivity index (χ2n) is 11.0. The average Bonchev–Trinajstić information content (AvgIpc) is 3.44. The predicted molar refractivity (Wildman–Crippen MR) is 172 cm³/mol. The molecule has 1 aliphatic rings. The number of aromatic nitrogens is 3. The highest BCUT2D eigenvalue weighted by atomic mass is 32.2. The minimum Gasteiger partial charge on any atom is -0.497 e. The Hall–Kier alpha value is -4.32. The Morgan fingerprint density at radius 3 is 2.44 bits per heavy atom. The van der Waals surface area contributed by atoms with E-state index in [0.717, 1.165) is 23.4 Å². The van der Waals surface area contributed by atoms with Crippen LogP contribution in [0.15, 0.2) is 83.8 Å². The van der Waals surface area contributed by atoms with Crippen molar-refractivity contribution in [3.05, 3.63) is 123 Å². The van der Waals surface area contributed by atoms with E-state index in [1.54, 1.807) is 19.2 Å². The molecule has 0 spiro atoms. The molecule has 1 N–H and O–H groups in total. The Morgan fingerprint density at radius 2 is 1.78 bits per heavy atom. The van der Waals surface area contributed by atoms with Gasteiger partial charge in [0.2, 0.25) is 5.78 Å². The molecule has 1 unspecified atom stereocenters. The van der Waals surface area contributed by atoms with E-state index in [0.29, 0.717) is 36.8 Å². The molecule has 1 fully saturated rings. The minimum absolute atomic E-state index is 0.0499. The van der Waals surface area contributed by atoms with E-state index in [4.69, 9.17) is 9.72 Å². The Labute approximate surface area is 263 Å². The van der Waals surface area contributed by atoms with Crippen LogP contribution in [0, 0.1) is 11.6 Å². The molecular weight excluding hydrogens is 596 g/mol. The fourth-order valence-corrected chi connectivity index (χ4v) is 6.68. The molecule has 0 radical (unpaired) electrons. The number of halogens is 2. The van der Waals surface area contributed by atoms with Gasteiger partial charge < -0.3 is 14.6 Å². The van der Waals surface area contributed by atoms with Crippen LogP contribution in [0.3, 0.4) is 0 Å². The number of ether oxygens (including phenoxy) is 1. The Kier molecular flexibility index (Phi) is 9.11. The molecule has 5 aromatic rings. The van der Waals surface area contributed by atoms with Crippen molar-refractivity contribution in [3.63, 3.8) is 0 Å². The van der Waals surface area contributed by atoms with Gasteiger partial charge in [0.05, 0.1) is 30.3 Å². The number of imidazole rings is 1. The van der Waals surface area contributed by atoms with Crippen molar-refractivity contribution >= 4 is 23.3 Å². The minimum atomic E-state index is -0.725. The summed E-state index contributed by atoms with van der Waals surface area (Å²) in [5.41, 5.74) is 2.15. The van der Waals surface area contributed by atoms with Crippen molar-refractivity contribution in [1.29, 1.82) is 0 Å². The lowest BCUT2D eigenvalue weighted by molar-refractivity contribution is 0.0985. The third kappa shape index (κ3) is 6.42. The van der Waals surface area contributed by atoms with Gasteiger partial charge >= 0.3 is 0 Å². The zero-order chi connectivity index (χ0) is 31.5. The molecular formula is C34H33F2N5O3S. The van der Waals surface area contributed by atoms with Crippen LogP contribution >= 0.6 is 11.8 Å². The summed E-state index contributed by atoms with van der Waals surface area (Å²) >= 11 is 1.49. The number of nitrogens with one attached hydrogen (secondary N) is 1. The van der Waals surface area contributed by atoms with E-state index in [9.17, 15) is 18.4 Å². The molecule has 1 aliphatic heterocycles. The zero-order valence-corrected chi connectivity index (χ0v) is 25.8. The van der Waals surface area contributed by atoms with Gasteiger partial charge in [-0.2, -0.15) is 0 Å². The third-order valence-electron chi connectivity index (χ3n) is 7.88. The monoisotopic (exact) mass is 629 g/mol. The molecule has 8 nitrogen and oxygen atoms in total. The number of hydrogen-bond acceptors (Lipinski definition) is 7. The fourth-order valence-electron chi connectivity index (χ4n) is 5.62. The third-order valence-corrected chi connectivity index (χ3v) is 9.11. The summed E-state index contributed by atoms with van der Waals surface area (Å²) in [6.07, 6.45) is 1.41. The number of benzene rings is 3. The molecule has 2 aromatic heterocycles. The van der Waals surface area contributed by atoms with Crippen molar-refractivity contribution in [2.45, 2.75) is 24.9 Å². The van der Waals surface area contributed by atoms with Crippen LogP contribution in [0.25, 0.3) is 17.0 Å². The molecule has 3 aromatic carbocycles. The number of Topliss-reactive ketones (excluding diaryl/α,β-unsaturated/α-hetero) is 1. The molecule has 0 saturated carbocycles. The number of nitrogens with zero attached hydrogens (tertiary/aromatic N) is 4. The Bertz CT molecular complexity index is 1870. The summed E-state index contributed by atoms with van der Waals surface area (Å²) in [5, 5.41) is 2.76. The topological polar surface area (TPSA) is 80.9 Å². The van der Waals surface area contributed by atoms with Gasteiger partial charge in [-0.15, -0.1) is 11.8 Å². The van der Waals surface area contributed by atoms with E-state index >= 15 is 0 Å². The van der Waals surface area contributed by atoms with Crippen LogP contribution in [0.2, 0.25) is 0 Å². The maximum atomic E-state index is 14.9. The summed E-state index contributed by atoms with van der Waals surface area (Å²) in [7, 11) is 3.52. The summed E-state index contributed by atoms with van der Waals surface area (Å²) in [6, 6.07) is 20.9. The first-order chi connectivity index (χ1) is 21.8. The van der Waals surface area contributed by atoms with Gasteiger partial charge in [0, 0.05) is 49.3 Å². The van der Waals surface area contributed by atoms with Crippen molar-refractivity contribution in [2.24, 2.45) is 0 Å². The predicted octanol–water partition coefficient (Wildman–Crippen LogP) is 5.02. The summed E-state index contributed by atoms with van der Waals surface area (Å²) in [4.78, 5) is 35.1. The van der Waals surface area contributed by atoms with Gasteiger partial charge in [0.15, 0.2) is 5.78 Å². The van der Waals surface area contributed by atoms with Crippen LogP contribution in [0.4, 0.5) is 8.78 Å². The molecule has 1 saturated heterocycles. The Balaban J connectivity index is 1.56. The fraction of sp³-hybridized carbons (Fsp3) is 0.265. The van der Waals surface area contributed by atoms with E-state index in [1.807, 2.05) is 49.5 Å². The number of fused-ring (bicyclic) bond motifs is 1. The molecule has 0 amide bonds. The largest absolute Gasteiger partial charge is 0.497 e. The van der Waals surface area contributed by atoms with Crippen LogP contribution in [0.5, 0.6) is 5.75 Å². The van der Waals surface area contributed by atoms with Gasteiger partial charge in [0.1, 0.15) is 22.9 Å². The number of ketones is 1. The maximum absolute atomic E-state index is 14.9. The van der Waals surface area contributed by atoms with Gasteiger partial charge in [-0.3, -0.25) is 14.5 Å². The second-order valence-corrected chi connectivity index (χ2v) is 12.3. The number of rotatable bonds is 10. The lowest BCUT2D eigenvalue weighted by Gasteiger charge is -2.22. The molecule has 0 bridgehead atoms. The number of carbonyl (C=O) groups is 1. The Morgan fingerprint density at radius 1 is 1.04 bits per heavy atom. The summed E-state index contributed by atoms with van der Waals surface area (Å²) in [6.45, 7) is 1.83. The van der Waals surface area contributed by atoms with E-state index in [1.165, 1.54) is 45.1 Å². The standard InChI is InChI=1S/C34H33F2N5O3S/c1-39(18-22-7-4-3-5-8-22)21-29-31(23-11-13-24(44-2)14-12-23)38-34-40(19-25-27(35)9-6-10-28(25)36)20-26(33(43)41(29)34)32(42)30-17-37-15-16-45-30/h3-14,20,30,37H,15-19,21H2,1-2H3. The molecule has 1 atom stereocenters. The zero-order valence-electron chi connectivity index (χ0n) is 25.0. The van der Waals surface area contributed by atoms with Crippen molar-refractivity contribution < 1.29 is 18.3 Å². The first kappa shape index (κ1) is 30.7. The SMILES string of the molecule is COc1ccc(-c2nc3n(Cc4c(F)cccc4F)cc(C(=O)C4CNCCS4)c(=O)n3c2CN(C)Cc2ccccc2)cc1. The number of methoxy groups -OCH3 is 1. The molecule has 11 heteroatoms. The molecule has 0 aliphatic carbocycles. The number of thioether (sulfide) groups is 1. The van der Waals surface area contributed by atoms with Crippen molar-refractivity contribution in [1.82, 2.24) is 24.2 Å². The van der Waals surface area contributed by atoms with Gasteiger partial charge in [-0.05, 0) is 49.0 Å². The van der Waals surface area contributed by atoms with Crippen molar-refractivity contribution in [3.8, 4) is 17.0 Å². The van der Waals surface area contributed by atoms with Gasteiger partial charge in [0.25, 0.3) is 5.56 Å². The molecule has 3 heterocycles. The number of carbonyl (C=O) groups excluding carboxylic acids is 1. The summed E-state index contributed by atoms with van der Waals surface area (Å²) in [5.74, 6) is -0.206. The lowest BCUT2D eigenvalue weighted by atomic mass is 10.1. The first-order valence-electron chi connectivity index (χ1n) is 14.6. The molecule has 6 rings (SSSR count). The maximum Gasteiger partial charge on any atom is 0.270 e. The lowest BCUT2D eigenvalue weighted by Crippen LogP contribution is -2.40. The number of hydrogen-bond donors (Lipinski definition) is 1. The average molecular weight is 630 g/mol. The normalized spacial score (nSPS) is 15.1. The quantitative estimate of drug-likeness (QED) is 0.218. The molecule has 232 valence electrons. The van der Waals surface area contributed by atoms with Gasteiger partial charge in [-0.1, -0.05) is 36.4 Å². The highest BCUT2D eigenvalue weighted by Gasteiger charge is 2.29. The molecule has 45 heavy (non-hydrogen) atoms.